The van der Waals surface area contributed by atoms with Gasteiger partial charge in [0.25, 0.3) is 0 Å². The molecule has 0 aromatic carbocycles. The standard InChI is InChI=1S/C12H21N/c1-2-3-8-12(13)10-9-11-6-4-5-7-11/h11-12H,4-10,13H2,1H3. The minimum atomic E-state index is 0.313. The van der Waals surface area contributed by atoms with Crippen molar-refractivity contribution in [2.45, 2.75) is 57.9 Å². The van der Waals surface area contributed by atoms with Crippen LogP contribution in [0, 0.1) is 17.8 Å². The first-order chi connectivity index (χ1) is 6.33. The molecule has 1 fully saturated rings. The van der Waals surface area contributed by atoms with E-state index in [1.54, 1.807) is 0 Å². The molecule has 2 N–H and O–H groups in total. The normalized spacial score (nSPS) is 19.5. The molecule has 0 saturated heterocycles. The van der Waals surface area contributed by atoms with Gasteiger partial charge in [-0.1, -0.05) is 25.7 Å². The Morgan fingerprint density at radius 2 is 2.08 bits per heavy atom. The third kappa shape index (κ3) is 4.33. The van der Waals surface area contributed by atoms with Gasteiger partial charge in [-0.15, -0.1) is 11.8 Å². The molecule has 0 heterocycles. The van der Waals surface area contributed by atoms with Crippen molar-refractivity contribution < 1.29 is 0 Å². The Labute approximate surface area is 82.1 Å². The average Bonchev–Trinajstić information content (AvgIpc) is 2.64. The molecule has 1 nitrogen and oxygen atoms in total. The van der Waals surface area contributed by atoms with Crippen LogP contribution in [-0.4, -0.2) is 6.04 Å². The largest absolute Gasteiger partial charge is 0.327 e. The summed E-state index contributed by atoms with van der Waals surface area (Å²) in [5.74, 6) is 6.92. The van der Waals surface area contributed by atoms with E-state index in [0.29, 0.717) is 6.04 Å². The van der Waals surface area contributed by atoms with Gasteiger partial charge in [-0.2, -0.15) is 0 Å². The molecule has 1 rings (SSSR count). The van der Waals surface area contributed by atoms with Crippen LogP contribution < -0.4 is 5.73 Å². The van der Waals surface area contributed by atoms with Gasteiger partial charge in [0.15, 0.2) is 0 Å². The third-order valence-electron chi connectivity index (χ3n) is 2.96. The smallest absolute Gasteiger partial charge is 0.0241 e. The second-order valence-corrected chi connectivity index (χ2v) is 4.12. The second kappa shape index (κ2) is 6.05. The molecule has 1 unspecified atom stereocenters. The molecule has 0 spiro atoms. The quantitative estimate of drug-likeness (QED) is 0.660. The highest BCUT2D eigenvalue weighted by molar-refractivity contribution is 4.97. The zero-order valence-electron chi connectivity index (χ0n) is 8.68. The molecule has 0 radical (unpaired) electrons. The van der Waals surface area contributed by atoms with Gasteiger partial charge in [0, 0.05) is 12.5 Å². The van der Waals surface area contributed by atoms with E-state index in [2.05, 4.69) is 11.8 Å². The SMILES string of the molecule is CC#CCC(N)CCC1CCCC1. The van der Waals surface area contributed by atoms with Gasteiger partial charge in [-0.05, 0) is 25.7 Å². The fourth-order valence-corrected chi connectivity index (χ4v) is 2.08. The second-order valence-electron chi connectivity index (χ2n) is 4.12. The highest BCUT2D eigenvalue weighted by atomic mass is 14.6. The maximum atomic E-state index is 5.94. The molecule has 1 saturated carbocycles. The van der Waals surface area contributed by atoms with Crippen molar-refractivity contribution in [2.24, 2.45) is 11.7 Å². The maximum absolute atomic E-state index is 5.94. The zero-order chi connectivity index (χ0) is 9.52. The summed E-state index contributed by atoms with van der Waals surface area (Å²) < 4.78 is 0. The summed E-state index contributed by atoms with van der Waals surface area (Å²) in [6.45, 7) is 1.88. The van der Waals surface area contributed by atoms with Crippen molar-refractivity contribution in [2.75, 3.05) is 0 Å². The molecule has 0 aromatic rings. The summed E-state index contributed by atoms with van der Waals surface area (Å²) in [5.41, 5.74) is 5.94. The Bertz CT molecular complexity index is 181. The van der Waals surface area contributed by atoms with Gasteiger partial charge in [0.2, 0.25) is 0 Å². The van der Waals surface area contributed by atoms with Crippen LogP contribution in [0.15, 0.2) is 0 Å². The molecule has 0 bridgehead atoms. The molecule has 74 valence electrons. The van der Waals surface area contributed by atoms with E-state index in [0.717, 1.165) is 12.3 Å². The van der Waals surface area contributed by atoms with Crippen molar-refractivity contribution in [3.63, 3.8) is 0 Å². The predicted octanol–water partition coefficient (Wildman–Crippen LogP) is 2.70. The lowest BCUT2D eigenvalue weighted by atomic mass is 9.98. The number of nitrogens with two attached hydrogens (primary N) is 1. The van der Waals surface area contributed by atoms with E-state index in [9.17, 15) is 0 Å². The van der Waals surface area contributed by atoms with Crippen LogP contribution >= 0.6 is 0 Å². The van der Waals surface area contributed by atoms with Crippen LogP contribution in [0.1, 0.15) is 51.9 Å². The van der Waals surface area contributed by atoms with Crippen LogP contribution in [0.25, 0.3) is 0 Å². The lowest BCUT2D eigenvalue weighted by Gasteiger charge is -2.11. The molecule has 13 heavy (non-hydrogen) atoms. The Morgan fingerprint density at radius 1 is 1.38 bits per heavy atom. The number of hydrogen-bond donors (Lipinski definition) is 1. The first-order valence-electron chi connectivity index (χ1n) is 5.48. The van der Waals surface area contributed by atoms with E-state index in [1.165, 1.54) is 38.5 Å². The van der Waals surface area contributed by atoms with Gasteiger partial charge < -0.3 is 5.73 Å². The van der Waals surface area contributed by atoms with Crippen LogP contribution in [0.4, 0.5) is 0 Å². The van der Waals surface area contributed by atoms with Crippen LogP contribution in [0.2, 0.25) is 0 Å². The van der Waals surface area contributed by atoms with Gasteiger partial charge in [-0.25, -0.2) is 0 Å². The highest BCUT2D eigenvalue weighted by Gasteiger charge is 2.15. The van der Waals surface area contributed by atoms with Gasteiger partial charge >= 0.3 is 0 Å². The van der Waals surface area contributed by atoms with Gasteiger partial charge in [0.05, 0.1) is 0 Å². The van der Waals surface area contributed by atoms with Gasteiger partial charge in [-0.3, -0.25) is 0 Å². The Hall–Kier alpha value is -0.480. The highest BCUT2D eigenvalue weighted by Crippen LogP contribution is 2.28. The summed E-state index contributed by atoms with van der Waals surface area (Å²) in [6.07, 6.45) is 9.12. The van der Waals surface area contributed by atoms with Crippen LogP contribution in [0.5, 0.6) is 0 Å². The summed E-state index contributed by atoms with van der Waals surface area (Å²) in [5, 5.41) is 0. The molecular weight excluding hydrogens is 158 g/mol. The predicted molar refractivity (Wildman–Crippen MR) is 57.2 cm³/mol. The monoisotopic (exact) mass is 179 g/mol. The molecular formula is C12H21N. The van der Waals surface area contributed by atoms with E-state index in [-0.39, 0.29) is 0 Å². The molecule has 1 aliphatic carbocycles. The van der Waals surface area contributed by atoms with Gasteiger partial charge in [0.1, 0.15) is 0 Å². The molecule has 0 aromatic heterocycles. The van der Waals surface area contributed by atoms with E-state index >= 15 is 0 Å². The lowest BCUT2D eigenvalue weighted by molar-refractivity contribution is 0.451. The summed E-state index contributed by atoms with van der Waals surface area (Å²) >= 11 is 0. The molecule has 0 amide bonds. The molecule has 0 aliphatic heterocycles. The summed E-state index contributed by atoms with van der Waals surface area (Å²) in [4.78, 5) is 0. The Balaban J connectivity index is 2.05. The van der Waals surface area contributed by atoms with Crippen molar-refractivity contribution >= 4 is 0 Å². The first kappa shape index (κ1) is 10.6. The zero-order valence-corrected chi connectivity index (χ0v) is 8.68. The molecule has 1 heteroatoms. The van der Waals surface area contributed by atoms with E-state index in [4.69, 9.17) is 5.73 Å². The van der Waals surface area contributed by atoms with Crippen molar-refractivity contribution in [1.82, 2.24) is 0 Å². The van der Waals surface area contributed by atoms with E-state index < -0.39 is 0 Å². The van der Waals surface area contributed by atoms with Crippen molar-refractivity contribution in [1.29, 1.82) is 0 Å². The van der Waals surface area contributed by atoms with Crippen LogP contribution in [0.3, 0.4) is 0 Å². The van der Waals surface area contributed by atoms with Crippen LogP contribution in [-0.2, 0) is 0 Å². The fraction of sp³-hybridized carbons (Fsp3) is 0.833. The maximum Gasteiger partial charge on any atom is 0.0241 e. The fourth-order valence-electron chi connectivity index (χ4n) is 2.08. The first-order valence-corrected chi connectivity index (χ1v) is 5.48. The Kier molecular flexibility index (Phi) is 4.93. The minimum absolute atomic E-state index is 0.313. The summed E-state index contributed by atoms with van der Waals surface area (Å²) in [6, 6.07) is 0.313. The minimum Gasteiger partial charge on any atom is -0.327 e. The topological polar surface area (TPSA) is 26.0 Å². The lowest BCUT2D eigenvalue weighted by Crippen LogP contribution is -2.19. The molecule has 1 atom stereocenters. The number of rotatable bonds is 4. The Morgan fingerprint density at radius 3 is 2.69 bits per heavy atom. The van der Waals surface area contributed by atoms with Crippen molar-refractivity contribution in [3.05, 3.63) is 0 Å². The van der Waals surface area contributed by atoms with E-state index in [1.807, 2.05) is 6.92 Å². The third-order valence-corrected chi connectivity index (χ3v) is 2.96. The average molecular weight is 179 g/mol. The number of hydrogen-bond acceptors (Lipinski definition) is 1. The summed E-state index contributed by atoms with van der Waals surface area (Å²) in [7, 11) is 0. The van der Waals surface area contributed by atoms with Crippen molar-refractivity contribution in [3.8, 4) is 11.8 Å². The molecule has 1 aliphatic rings.